The zero-order valence-electron chi connectivity index (χ0n) is 34.7. The van der Waals surface area contributed by atoms with Crippen molar-refractivity contribution in [2.75, 3.05) is 49.1 Å². The van der Waals surface area contributed by atoms with Crippen LogP contribution in [0.15, 0.2) is 116 Å². The van der Waals surface area contributed by atoms with Gasteiger partial charge in [0.2, 0.25) is 0 Å². The molecule has 0 aliphatic carbocycles. The van der Waals surface area contributed by atoms with E-state index in [0.29, 0.717) is 12.0 Å². The second-order valence-electron chi connectivity index (χ2n) is 16.4. The lowest BCUT2D eigenvalue weighted by Crippen LogP contribution is -2.57. The Morgan fingerprint density at radius 3 is 1.73 bits per heavy atom. The van der Waals surface area contributed by atoms with Gasteiger partial charge in [0.05, 0.1) is 11.4 Å². The van der Waals surface area contributed by atoms with E-state index in [1.807, 2.05) is 57.6 Å². The van der Waals surface area contributed by atoms with Crippen molar-refractivity contribution in [2.45, 2.75) is 46.2 Å². The highest BCUT2D eigenvalue weighted by Gasteiger charge is 2.28. The fourth-order valence-corrected chi connectivity index (χ4v) is 8.13. The lowest BCUT2D eigenvalue weighted by Gasteiger charge is -2.39. The van der Waals surface area contributed by atoms with Crippen LogP contribution in [0, 0.1) is 12.8 Å². The molecule has 2 aliphatic rings. The van der Waals surface area contributed by atoms with E-state index in [9.17, 15) is 0 Å². The zero-order valence-corrected chi connectivity index (χ0v) is 34.7. The highest BCUT2D eigenvalue weighted by Crippen LogP contribution is 2.35. The molecule has 0 saturated carbocycles. The summed E-state index contributed by atoms with van der Waals surface area (Å²) in [4.78, 5) is 31.3. The van der Waals surface area contributed by atoms with Crippen LogP contribution < -0.4 is 20.4 Å². The molecule has 0 radical (unpaired) electrons. The van der Waals surface area contributed by atoms with Crippen LogP contribution in [-0.4, -0.2) is 100.0 Å². The molecule has 8 aromatic rings. The van der Waals surface area contributed by atoms with Gasteiger partial charge < -0.3 is 20.4 Å². The molecule has 14 nitrogen and oxygen atoms in total. The predicted octanol–water partition coefficient (Wildman–Crippen LogP) is 6.64. The smallest absolute Gasteiger partial charge is 0.158 e. The summed E-state index contributed by atoms with van der Waals surface area (Å²) in [6.07, 6.45) is 14.4. The Morgan fingerprint density at radius 1 is 0.617 bits per heavy atom. The Kier molecular flexibility index (Phi) is 10.7. The summed E-state index contributed by atoms with van der Waals surface area (Å²) in [5.74, 6) is 2.53. The van der Waals surface area contributed by atoms with Gasteiger partial charge in [-0.2, -0.15) is 0 Å². The molecule has 10 heterocycles. The number of aromatic nitrogens is 10. The number of rotatable bonds is 7. The average molecular weight is 799 g/mol. The molecular weight excluding hydrogens is 749 g/mol. The summed E-state index contributed by atoms with van der Waals surface area (Å²) in [6.45, 7) is 16.7. The van der Waals surface area contributed by atoms with Gasteiger partial charge in [0.1, 0.15) is 23.0 Å². The van der Waals surface area contributed by atoms with Gasteiger partial charge in [0.15, 0.2) is 11.3 Å². The minimum atomic E-state index is 0.0495. The predicted molar refractivity (Wildman–Crippen MR) is 237 cm³/mol. The van der Waals surface area contributed by atoms with E-state index in [0.717, 1.165) is 113 Å². The van der Waals surface area contributed by atoms with Crippen molar-refractivity contribution < 1.29 is 0 Å². The third-order valence-corrected chi connectivity index (χ3v) is 11.3. The summed E-state index contributed by atoms with van der Waals surface area (Å²) in [6, 6.07) is 22.7. The number of hydrogen-bond donors (Lipinski definition) is 2. The summed E-state index contributed by atoms with van der Waals surface area (Å²) in [5.41, 5.74) is 10.7. The third-order valence-electron chi connectivity index (χ3n) is 11.3. The molecule has 2 aliphatic heterocycles. The number of nitrogens with one attached hydrogen (secondary N) is 2. The highest BCUT2D eigenvalue weighted by molar-refractivity contribution is 5.83. The molecule has 10 rings (SSSR count). The molecule has 2 fully saturated rings. The van der Waals surface area contributed by atoms with Crippen LogP contribution in [0.25, 0.3) is 56.3 Å². The maximum Gasteiger partial charge on any atom is 0.158 e. The van der Waals surface area contributed by atoms with Gasteiger partial charge in [-0.15, -0.1) is 10.2 Å². The zero-order chi connectivity index (χ0) is 41.2. The second-order valence-corrected chi connectivity index (χ2v) is 16.4. The first-order valence-corrected chi connectivity index (χ1v) is 20.6. The van der Waals surface area contributed by atoms with Crippen molar-refractivity contribution in [1.82, 2.24) is 59.8 Å². The normalized spacial score (nSPS) is 16.6. The third kappa shape index (κ3) is 7.91. The van der Waals surface area contributed by atoms with Crippen LogP contribution in [0.4, 0.5) is 11.6 Å². The standard InChI is InChI=1S/2C23H25N7/c1-16-14-19(29-13-12-26-23(2,3)15-29)28-30-21(18-6-10-25-11-7-18)20(27-22(16)30)17-4-8-24-9-5-17;1-16(2)19-15-29(14-13-26-19)21-4-3-20-27-22(17-5-9-24-10-6-17)23(30(20)28-21)18-7-11-25-12-8-18/h4-11,14,26H,12-13,15H2,1-3H3;3-12,16,19,26H,13-15H2,1-2H3/t;19-/m.0/s1. The fraction of sp³-hybridized carbons (Fsp3) is 0.304. The quantitative estimate of drug-likeness (QED) is 0.179. The minimum absolute atomic E-state index is 0.0495. The molecule has 1 atom stereocenters. The van der Waals surface area contributed by atoms with Crippen LogP contribution >= 0.6 is 0 Å². The number of nitrogens with zero attached hydrogens (tertiary/aromatic N) is 12. The van der Waals surface area contributed by atoms with E-state index in [4.69, 9.17) is 20.2 Å². The van der Waals surface area contributed by atoms with Gasteiger partial charge in [-0.25, -0.2) is 19.0 Å². The molecule has 0 unspecified atom stereocenters. The first-order valence-electron chi connectivity index (χ1n) is 20.6. The van der Waals surface area contributed by atoms with Crippen molar-refractivity contribution in [1.29, 1.82) is 0 Å². The van der Waals surface area contributed by atoms with E-state index in [1.54, 1.807) is 49.6 Å². The Morgan fingerprint density at radius 2 is 1.15 bits per heavy atom. The number of pyridine rings is 4. The summed E-state index contributed by atoms with van der Waals surface area (Å²) in [7, 11) is 0. The van der Waals surface area contributed by atoms with Crippen molar-refractivity contribution in [2.24, 2.45) is 5.92 Å². The van der Waals surface area contributed by atoms with Gasteiger partial charge in [-0.3, -0.25) is 19.9 Å². The lowest BCUT2D eigenvalue weighted by atomic mass is 10.0. The molecule has 2 N–H and O–H groups in total. The molecule has 8 aromatic heterocycles. The number of fused-ring (bicyclic) bond motifs is 2. The number of aryl methyl sites for hydroxylation is 1. The summed E-state index contributed by atoms with van der Waals surface area (Å²) in [5, 5.41) is 17.3. The average Bonchev–Trinajstić information content (AvgIpc) is 3.87. The number of imidazole rings is 2. The number of anilines is 2. The molecule has 60 heavy (non-hydrogen) atoms. The monoisotopic (exact) mass is 798 g/mol. The van der Waals surface area contributed by atoms with Crippen LogP contribution in [0.3, 0.4) is 0 Å². The highest BCUT2D eigenvalue weighted by atomic mass is 15.4. The molecule has 2 saturated heterocycles. The van der Waals surface area contributed by atoms with E-state index in [-0.39, 0.29) is 5.54 Å². The topological polar surface area (TPSA) is 142 Å². The first-order chi connectivity index (χ1) is 29.2. The van der Waals surface area contributed by atoms with Crippen molar-refractivity contribution in [3.63, 3.8) is 0 Å². The van der Waals surface area contributed by atoms with Crippen molar-refractivity contribution >= 4 is 22.9 Å². The Labute approximate surface area is 349 Å². The van der Waals surface area contributed by atoms with Crippen LogP contribution in [0.5, 0.6) is 0 Å². The Hall–Kier alpha value is -6.64. The van der Waals surface area contributed by atoms with Gasteiger partial charge in [-0.05, 0) is 99.0 Å². The fourth-order valence-electron chi connectivity index (χ4n) is 8.13. The van der Waals surface area contributed by atoms with E-state index >= 15 is 0 Å². The van der Waals surface area contributed by atoms with Crippen molar-refractivity contribution in [3.05, 3.63) is 122 Å². The maximum atomic E-state index is 5.06. The Bertz CT molecular complexity index is 2700. The minimum Gasteiger partial charge on any atom is -0.352 e. The molecule has 0 spiro atoms. The van der Waals surface area contributed by atoms with E-state index < -0.39 is 0 Å². The second kappa shape index (κ2) is 16.5. The molecule has 0 bridgehead atoms. The van der Waals surface area contributed by atoms with E-state index in [2.05, 4.69) is 93.2 Å². The molecule has 14 heteroatoms. The summed E-state index contributed by atoms with van der Waals surface area (Å²) < 4.78 is 3.96. The first kappa shape index (κ1) is 38.9. The Balaban J connectivity index is 0.000000154. The largest absolute Gasteiger partial charge is 0.352 e. The maximum absolute atomic E-state index is 5.06. The van der Waals surface area contributed by atoms with Crippen LogP contribution in [0.2, 0.25) is 0 Å². The van der Waals surface area contributed by atoms with Crippen LogP contribution in [-0.2, 0) is 0 Å². The summed E-state index contributed by atoms with van der Waals surface area (Å²) >= 11 is 0. The van der Waals surface area contributed by atoms with Gasteiger partial charge >= 0.3 is 0 Å². The molecular formula is C46H50N14. The van der Waals surface area contributed by atoms with Crippen LogP contribution in [0.1, 0.15) is 33.3 Å². The molecule has 0 amide bonds. The van der Waals surface area contributed by atoms with Gasteiger partial charge in [0, 0.05) is 123 Å². The van der Waals surface area contributed by atoms with Gasteiger partial charge in [-0.1, -0.05) is 13.8 Å². The lowest BCUT2D eigenvalue weighted by molar-refractivity contribution is 0.351. The van der Waals surface area contributed by atoms with Gasteiger partial charge in [0.25, 0.3) is 0 Å². The molecule has 0 aromatic carbocycles. The SMILES string of the molecule is CC(C)[C@@H]1CN(c2ccc3nc(-c4ccncc4)c(-c4ccncc4)n3n2)CCN1.Cc1cc(N2CCNC(C)(C)C2)nn2c(-c3ccncc3)c(-c3ccncc3)nc12. The van der Waals surface area contributed by atoms with E-state index in [1.165, 1.54) is 0 Å². The number of piperazine rings is 2. The van der Waals surface area contributed by atoms with Crippen molar-refractivity contribution in [3.8, 4) is 45.0 Å². The number of hydrogen-bond acceptors (Lipinski definition) is 12. The molecule has 304 valence electrons.